The summed E-state index contributed by atoms with van der Waals surface area (Å²) in [6.07, 6.45) is 0. The minimum atomic E-state index is -0.474. The van der Waals surface area contributed by atoms with Crippen LogP contribution >= 0.6 is 31.9 Å². The van der Waals surface area contributed by atoms with Crippen molar-refractivity contribution in [1.82, 2.24) is 4.98 Å². The highest BCUT2D eigenvalue weighted by atomic mass is 79.9. The van der Waals surface area contributed by atoms with Crippen LogP contribution in [-0.2, 0) is 0 Å². The summed E-state index contributed by atoms with van der Waals surface area (Å²) in [6, 6.07) is 10.6. The van der Waals surface area contributed by atoms with Gasteiger partial charge in [-0.3, -0.25) is 4.79 Å². The molecule has 3 rings (SSSR count). The van der Waals surface area contributed by atoms with E-state index in [1.54, 1.807) is 24.3 Å². The molecule has 0 saturated heterocycles. The van der Waals surface area contributed by atoms with E-state index in [1.165, 1.54) is 0 Å². The van der Waals surface area contributed by atoms with Crippen molar-refractivity contribution < 1.29 is 9.90 Å². The molecule has 0 atom stereocenters. The summed E-state index contributed by atoms with van der Waals surface area (Å²) in [6.45, 7) is 1.93. The van der Waals surface area contributed by atoms with Crippen molar-refractivity contribution in [2.75, 3.05) is 0 Å². The maximum atomic E-state index is 12.1. The Labute approximate surface area is 148 Å². The van der Waals surface area contributed by atoms with Gasteiger partial charge in [-0.1, -0.05) is 15.9 Å². The van der Waals surface area contributed by atoms with Gasteiger partial charge in [-0.2, -0.15) is 0 Å². The number of carbonyl (C=O) groups excluding carboxylic acids is 1. The van der Waals surface area contributed by atoms with Crippen LogP contribution in [0, 0.1) is 6.92 Å². The number of carbonyl (C=O) groups is 1. The molecule has 0 saturated carbocycles. The van der Waals surface area contributed by atoms with E-state index in [0.29, 0.717) is 16.5 Å². The summed E-state index contributed by atoms with van der Waals surface area (Å²) < 4.78 is 1.68. The molecular weight excluding hydrogens is 426 g/mol. The van der Waals surface area contributed by atoms with Crippen molar-refractivity contribution in [3.8, 4) is 5.88 Å². The second-order valence-corrected chi connectivity index (χ2v) is 6.77. The number of H-pyrrole nitrogens is 1. The van der Waals surface area contributed by atoms with Crippen LogP contribution in [0.25, 0.3) is 10.9 Å². The van der Waals surface area contributed by atoms with Gasteiger partial charge < -0.3 is 10.1 Å². The van der Waals surface area contributed by atoms with Gasteiger partial charge in [0.2, 0.25) is 5.88 Å². The molecule has 0 bridgehead atoms. The highest BCUT2D eigenvalue weighted by Gasteiger charge is 2.14. The third-order valence-electron chi connectivity index (χ3n) is 3.29. The van der Waals surface area contributed by atoms with Gasteiger partial charge in [-0.05, 0) is 64.8 Å². The number of benzene rings is 2. The van der Waals surface area contributed by atoms with Crippen LogP contribution in [-0.4, -0.2) is 16.0 Å². The summed E-state index contributed by atoms with van der Waals surface area (Å²) in [4.78, 5) is 14.9. The third kappa shape index (κ3) is 3.20. The predicted octanol–water partition coefficient (Wildman–Crippen LogP) is 5.63. The zero-order chi connectivity index (χ0) is 16.6. The van der Waals surface area contributed by atoms with Crippen LogP contribution in [0.5, 0.6) is 5.88 Å². The molecule has 0 radical (unpaired) electrons. The normalized spacial score (nSPS) is 11.4. The highest BCUT2D eigenvalue weighted by molar-refractivity contribution is 9.11. The standard InChI is InChI=1S/C16H11Br2N3O2/c1-8-6-11-13(12(18)7-8)19-16(23)14(11)20-21-15(22)9-2-4-10(17)5-3-9/h2-7,19,23H,1H3. The van der Waals surface area contributed by atoms with Crippen LogP contribution < -0.4 is 0 Å². The molecule has 0 unspecified atom stereocenters. The number of nitrogens with zero attached hydrogens (tertiary/aromatic N) is 2. The van der Waals surface area contributed by atoms with E-state index in [4.69, 9.17) is 0 Å². The van der Waals surface area contributed by atoms with Gasteiger partial charge in [0.15, 0.2) is 5.69 Å². The lowest BCUT2D eigenvalue weighted by Gasteiger charge is -1.98. The van der Waals surface area contributed by atoms with Crippen molar-refractivity contribution in [1.29, 1.82) is 0 Å². The van der Waals surface area contributed by atoms with E-state index in [1.807, 2.05) is 19.1 Å². The quantitative estimate of drug-likeness (QED) is 0.510. The fraction of sp³-hybridized carbons (Fsp3) is 0.0625. The van der Waals surface area contributed by atoms with E-state index < -0.39 is 5.91 Å². The van der Waals surface area contributed by atoms with E-state index in [0.717, 1.165) is 14.5 Å². The first-order valence-corrected chi connectivity index (χ1v) is 8.26. The molecule has 3 aromatic rings. The Bertz CT molecular complexity index is 931. The molecule has 2 N–H and O–H groups in total. The largest absolute Gasteiger partial charge is 0.493 e. The number of amides is 1. The Morgan fingerprint density at radius 3 is 2.57 bits per heavy atom. The Morgan fingerprint density at radius 2 is 1.87 bits per heavy atom. The van der Waals surface area contributed by atoms with Crippen molar-refractivity contribution >= 4 is 54.4 Å². The van der Waals surface area contributed by atoms with Crippen molar-refractivity contribution in [2.45, 2.75) is 6.92 Å². The van der Waals surface area contributed by atoms with Crippen LogP contribution in [0.15, 0.2) is 55.6 Å². The Balaban J connectivity index is 1.99. The fourth-order valence-corrected chi connectivity index (χ4v) is 3.15. The molecule has 0 aliphatic rings. The zero-order valence-corrected chi connectivity index (χ0v) is 15.1. The number of halogens is 2. The average molecular weight is 437 g/mol. The molecule has 0 aliphatic carbocycles. The molecule has 1 aromatic heterocycles. The molecule has 0 fully saturated rings. The van der Waals surface area contributed by atoms with Crippen LogP contribution in [0.1, 0.15) is 15.9 Å². The second kappa shape index (κ2) is 6.25. The number of hydrogen-bond acceptors (Lipinski definition) is 3. The number of aromatic hydroxyl groups is 1. The number of aromatic nitrogens is 1. The van der Waals surface area contributed by atoms with E-state index in [9.17, 15) is 9.90 Å². The summed E-state index contributed by atoms with van der Waals surface area (Å²) in [5, 5.41) is 18.4. The number of nitrogens with one attached hydrogen (secondary N) is 1. The van der Waals surface area contributed by atoms with Crippen molar-refractivity contribution in [2.24, 2.45) is 10.2 Å². The summed E-state index contributed by atoms with van der Waals surface area (Å²) in [5.74, 6) is -0.600. The molecule has 1 heterocycles. The van der Waals surface area contributed by atoms with Crippen LogP contribution in [0.4, 0.5) is 5.69 Å². The van der Waals surface area contributed by atoms with Gasteiger partial charge in [0, 0.05) is 19.9 Å². The van der Waals surface area contributed by atoms with Gasteiger partial charge in [0.1, 0.15) is 0 Å². The number of rotatable bonds is 2. The number of aryl methyl sites for hydroxylation is 1. The fourth-order valence-electron chi connectivity index (χ4n) is 2.21. The first-order valence-electron chi connectivity index (χ1n) is 6.68. The number of aromatic amines is 1. The maximum Gasteiger partial charge on any atom is 0.295 e. The predicted molar refractivity (Wildman–Crippen MR) is 95.4 cm³/mol. The first-order chi connectivity index (χ1) is 11.0. The maximum absolute atomic E-state index is 12.1. The molecule has 0 spiro atoms. The average Bonchev–Trinajstić information content (AvgIpc) is 2.82. The van der Waals surface area contributed by atoms with Gasteiger partial charge in [-0.15, -0.1) is 10.2 Å². The number of azo groups is 1. The lowest BCUT2D eigenvalue weighted by Crippen LogP contribution is -1.92. The minimum absolute atomic E-state index is 0.126. The SMILES string of the molecule is Cc1cc(Br)c2[nH]c(O)c(N=NC(=O)c3ccc(Br)cc3)c2c1. The van der Waals surface area contributed by atoms with E-state index in [-0.39, 0.29) is 11.6 Å². The first kappa shape index (κ1) is 15.9. The van der Waals surface area contributed by atoms with Gasteiger partial charge >= 0.3 is 0 Å². The minimum Gasteiger partial charge on any atom is -0.493 e. The smallest absolute Gasteiger partial charge is 0.295 e. The molecule has 5 nitrogen and oxygen atoms in total. The van der Waals surface area contributed by atoms with E-state index >= 15 is 0 Å². The second-order valence-electron chi connectivity index (χ2n) is 5.00. The molecule has 116 valence electrons. The Hall–Kier alpha value is -1.99. The Morgan fingerprint density at radius 1 is 1.17 bits per heavy atom. The lowest BCUT2D eigenvalue weighted by atomic mass is 10.1. The summed E-state index contributed by atoms with van der Waals surface area (Å²) in [5.41, 5.74) is 2.38. The Kier molecular flexibility index (Phi) is 4.32. The molecule has 7 heteroatoms. The highest BCUT2D eigenvalue weighted by Crippen LogP contribution is 2.39. The summed E-state index contributed by atoms with van der Waals surface area (Å²) in [7, 11) is 0. The third-order valence-corrected chi connectivity index (χ3v) is 4.44. The molecular formula is C16H11Br2N3O2. The van der Waals surface area contributed by atoms with Crippen LogP contribution in [0.2, 0.25) is 0 Å². The zero-order valence-electron chi connectivity index (χ0n) is 12.0. The molecule has 0 aliphatic heterocycles. The van der Waals surface area contributed by atoms with Gasteiger partial charge in [0.05, 0.1) is 5.52 Å². The molecule has 2 aromatic carbocycles. The molecule has 1 amide bonds. The molecule has 23 heavy (non-hydrogen) atoms. The topological polar surface area (TPSA) is 77.8 Å². The van der Waals surface area contributed by atoms with Gasteiger partial charge in [0.25, 0.3) is 5.91 Å². The monoisotopic (exact) mass is 435 g/mol. The van der Waals surface area contributed by atoms with Crippen molar-refractivity contribution in [3.05, 3.63) is 56.5 Å². The van der Waals surface area contributed by atoms with Gasteiger partial charge in [-0.25, -0.2) is 0 Å². The van der Waals surface area contributed by atoms with Crippen LogP contribution in [0.3, 0.4) is 0 Å². The number of hydrogen-bond donors (Lipinski definition) is 2. The number of fused-ring (bicyclic) bond motifs is 1. The lowest BCUT2D eigenvalue weighted by molar-refractivity contribution is 0.0995. The van der Waals surface area contributed by atoms with E-state index in [2.05, 4.69) is 47.1 Å². The summed E-state index contributed by atoms with van der Waals surface area (Å²) >= 11 is 6.74. The van der Waals surface area contributed by atoms with Crippen molar-refractivity contribution in [3.63, 3.8) is 0 Å².